The van der Waals surface area contributed by atoms with Gasteiger partial charge in [0.2, 0.25) is 11.2 Å². The number of para-hydroxylation sites is 1. The fourth-order valence-electron chi connectivity index (χ4n) is 1.65. The maximum atomic E-state index is 5.84. The molecule has 1 aromatic heterocycles. The number of nitrogens with zero attached hydrogens (tertiary/aromatic N) is 4. The molecule has 0 fully saturated rings. The number of rotatable bonds is 4. The van der Waals surface area contributed by atoms with Crippen molar-refractivity contribution in [2.24, 2.45) is 5.73 Å². The Morgan fingerprint density at radius 1 is 1.30 bits per heavy atom. The van der Waals surface area contributed by atoms with Gasteiger partial charge in [0.05, 0.1) is 12.8 Å². The Kier molecular flexibility index (Phi) is 4.31. The minimum absolute atomic E-state index is 0.0477. The molecule has 2 aromatic rings. The average molecular weight is 310 g/mol. The maximum absolute atomic E-state index is 5.84. The van der Waals surface area contributed by atoms with E-state index in [1.807, 2.05) is 24.3 Å². The fourth-order valence-corrected chi connectivity index (χ4v) is 1.97. The monoisotopic (exact) mass is 309 g/mol. The van der Waals surface area contributed by atoms with Crippen molar-refractivity contribution >= 4 is 40.4 Å². The summed E-state index contributed by atoms with van der Waals surface area (Å²) in [5, 5.41) is 0.0477. The van der Waals surface area contributed by atoms with E-state index in [1.165, 1.54) is 7.11 Å². The lowest BCUT2D eigenvalue weighted by molar-refractivity contribution is 0.378. The first-order valence-electron chi connectivity index (χ1n) is 5.61. The quantitative estimate of drug-likeness (QED) is 0.865. The number of anilines is 2. The maximum Gasteiger partial charge on any atom is 0.322 e. The average Bonchev–Trinajstić information content (AvgIpc) is 2.45. The summed E-state index contributed by atoms with van der Waals surface area (Å²) in [6, 6.07) is 7.55. The van der Waals surface area contributed by atoms with Gasteiger partial charge in [-0.05, 0) is 23.7 Å². The van der Waals surface area contributed by atoms with Gasteiger partial charge in [-0.2, -0.15) is 15.0 Å². The Hall–Kier alpha value is -1.99. The Bertz CT molecular complexity index is 651. The van der Waals surface area contributed by atoms with Crippen LogP contribution in [0.5, 0.6) is 6.01 Å². The van der Waals surface area contributed by atoms with Crippen LogP contribution in [0.25, 0.3) is 0 Å². The molecule has 0 unspecified atom stereocenters. The summed E-state index contributed by atoms with van der Waals surface area (Å²) in [6.07, 6.45) is 0. The molecular weight excluding hydrogens is 298 g/mol. The zero-order valence-electron chi connectivity index (χ0n) is 10.9. The predicted octanol–water partition coefficient (Wildman–Crippen LogP) is 1.94. The second-order valence-electron chi connectivity index (χ2n) is 3.83. The summed E-state index contributed by atoms with van der Waals surface area (Å²) in [6.45, 7) is 0. The SMILES string of the molecule is COc1nc(Cl)nc(N(C)c2ccccc2C(N)=S)n1. The number of hydrogen-bond acceptors (Lipinski definition) is 6. The highest BCUT2D eigenvalue weighted by Crippen LogP contribution is 2.25. The number of thiocarbonyl (C=S) groups is 1. The Morgan fingerprint density at radius 2 is 2.00 bits per heavy atom. The van der Waals surface area contributed by atoms with Gasteiger partial charge in [-0.3, -0.25) is 0 Å². The third-order valence-electron chi connectivity index (χ3n) is 2.59. The molecule has 0 saturated carbocycles. The van der Waals surface area contributed by atoms with Gasteiger partial charge in [-0.25, -0.2) is 0 Å². The van der Waals surface area contributed by atoms with Gasteiger partial charge in [0.25, 0.3) is 0 Å². The van der Waals surface area contributed by atoms with E-state index in [9.17, 15) is 0 Å². The number of aromatic nitrogens is 3. The van der Waals surface area contributed by atoms with E-state index in [-0.39, 0.29) is 11.3 Å². The molecule has 6 nitrogen and oxygen atoms in total. The predicted molar refractivity (Wildman–Crippen MR) is 81.8 cm³/mol. The van der Waals surface area contributed by atoms with Crippen molar-refractivity contribution in [2.75, 3.05) is 19.1 Å². The standard InChI is InChI=1S/C12H12ClN5OS/c1-18(8-6-4-3-5-7(8)9(14)20)11-15-10(13)16-12(17-11)19-2/h3-6H,1-2H3,(H2,14,20). The molecule has 0 saturated heterocycles. The Morgan fingerprint density at radius 3 is 2.65 bits per heavy atom. The van der Waals surface area contributed by atoms with Crippen molar-refractivity contribution in [1.29, 1.82) is 0 Å². The molecule has 0 atom stereocenters. The first kappa shape index (κ1) is 14.4. The van der Waals surface area contributed by atoms with Crippen LogP contribution in [0.4, 0.5) is 11.6 Å². The molecule has 20 heavy (non-hydrogen) atoms. The number of ether oxygens (including phenoxy) is 1. The minimum Gasteiger partial charge on any atom is -0.467 e. The first-order chi connectivity index (χ1) is 9.52. The van der Waals surface area contributed by atoms with Gasteiger partial charge >= 0.3 is 6.01 Å². The number of hydrogen-bond donors (Lipinski definition) is 1. The molecule has 2 N–H and O–H groups in total. The van der Waals surface area contributed by atoms with E-state index in [1.54, 1.807) is 11.9 Å². The van der Waals surface area contributed by atoms with E-state index in [0.29, 0.717) is 10.9 Å². The minimum atomic E-state index is 0.0477. The molecule has 2 rings (SSSR count). The van der Waals surface area contributed by atoms with E-state index >= 15 is 0 Å². The molecule has 1 heterocycles. The van der Waals surface area contributed by atoms with Crippen LogP contribution in [-0.2, 0) is 0 Å². The van der Waals surface area contributed by atoms with Crippen LogP contribution >= 0.6 is 23.8 Å². The van der Waals surface area contributed by atoms with E-state index in [2.05, 4.69) is 15.0 Å². The second kappa shape index (κ2) is 5.98. The molecule has 0 bridgehead atoms. The summed E-state index contributed by atoms with van der Waals surface area (Å²) in [5.41, 5.74) is 7.21. The molecule has 0 amide bonds. The number of benzene rings is 1. The highest BCUT2D eigenvalue weighted by atomic mass is 35.5. The van der Waals surface area contributed by atoms with Crippen molar-refractivity contribution in [1.82, 2.24) is 15.0 Å². The highest BCUT2D eigenvalue weighted by molar-refractivity contribution is 7.80. The van der Waals surface area contributed by atoms with Crippen LogP contribution in [0, 0.1) is 0 Å². The van der Waals surface area contributed by atoms with E-state index in [4.69, 9.17) is 34.3 Å². The van der Waals surface area contributed by atoms with Crippen LogP contribution in [0.15, 0.2) is 24.3 Å². The van der Waals surface area contributed by atoms with Crippen LogP contribution in [0.3, 0.4) is 0 Å². The topological polar surface area (TPSA) is 77.2 Å². The third kappa shape index (κ3) is 2.94. The molecular formula is C12H12ClN5OS. The Balaban J connectivity index is 2.48. The molecule has 1 aromatic carbocycles. The summed E-state index contributed by atoms with van der Waals surface area (Å²) in [7, 11) is 3.24. The number of halogens is 1. The van der Waals surface area contributed by atoms with Gasteiger partial charge in [-0.15, -0.1) is 0 Å². The molecule has 0 radical (unpaired) electrons. The summed E-state index contributed by atoms with van der Waals surface area (Å²) in [5.74, 6) is 0.338. The van der Waals surface area contributed by atoms with E-state index < -0.39 is 0 Å². The van der Waals surface area contributed by atoms with Gasteiger partial charge in [0.1, 0.15) is 4.99 Å². The normalized spacial score (nSPS) is 10.2. The second-order valence-corrected chi connectivity index (χ2v) is 4.61. The molecule has 0 spiro atoms. The zero-order valence-corrected chi connectivity index (χ0v) is 12.4. The first-order valence-corrected chi connectivity index (χ1v) is 6.39. The number of methoxy groups -OCH3 is 1. The van der Waals surface area contributed by atoms with Crippen molar-refractivity contribution < 1.29 is 4.74 Å². The van der Waals surface area contributed by atoms with Crippen LogP contribution in [0.1, 0.15) is 5.56 Å². The smallest absolute Gasteiger partial charge is 0.322 e. The fraction of sp³-hybridized carbons (Fsp3) is 0.167. The lowest BCUT2D eigenvalue weighted by Gasteiger charge is -2.20. The zero-order chi connectivity index (χ0) is 14.7. The van der Waals surface area contributed by atoms with Crippen molar-refractivity contribution in [3.63, 3.8) is 0 Å². The van der Waals surface area contributed by atoms with Crippen molar-refractivity contribution in [3.8, 4) is 6.01 Å². The van der Waals surface area contributed by atoms with Crippen molar-refractivity contribution in [2.45, 2.75) is 0 Å². The summed E-state index contributed by atoms with van der Waals surface area (Å²) in [4.78, 5) is 14.0. The molecule has 0 aliphatic rings. The molecule has 8 heteroatoms. The lowest BCUT2D eigenvalue weighted by atomic mass is 10.1. The third-order valence-corrected chi connectivity index (χ3v) is 2.98. The molecule has 0 aliphatic heterocycles. The van der Waals surface area contributed by atoms with Gasteiger partial charge in [-0.1, -0.05) is 24.4 Å². The molecule has 0 aliphatic carbocycles. The van der Waals surface area contributed by atoms with Gasteiger partial charge in [0, 0.05) is 12.6 Å². The largest absolute Gasteiger partial charge is 0.467 e. The van der Waals surface area contributed by atoms with Crippen LogP contribution in [-0.4, -0.2) is 34.1 Å². The lowest BCUT2D eigenvalue weighted by Crippen LogP contribution is -2.19. The molecule has 104 valence electrons. The number of nitrogens with two attached hydrogens (primary N) is 1. The van der Waals surface area contributed by atoms with Crippen LogP contribution < -0.4 is 15.4 Å². The van der Waals surface area contributed by atoms with Gasteiger partial charge in [0.15, 0.2) is 0 Å². The summed E-state index contributed by atoms with van der Waals surface area (Å²) < 4.78 is 4.98. The van der Waals surface area contributed by atoms with Gasteiger partial charge < -0.3 is 15.4 Å². The van der Waals surface area contributed by atoms with Crippen LogP contribution in [0.2, 0.25) is 5.28 Å². The van der Waals surface area contributed by atoms with E-state index in [0.717, 1.165) is 11.3 Å². The summed E-state index contributed by atoms with van der Waals surface area (Å²) >= 11 is 10.9. The highest BCUT2D eigenvalue weighted by Gasteiger charge is 2.15. The van der Waals surface area contributed by atoms with Crippen molar-refractivity contribution in [3.05, 3.63) is 35.1 Å². The Labute approximate surface area is 126 Å².